The highest BCUT2D eigenvalue weighted by atomic mass is 16.1. The fourth-order valence-corrected chi connectivity index (χ4v) is 2.42. The summed E-state index contributed by atoms with van der Waals surface area (Å²) in [5.41, 5.74) is 4.88. The molecule has 0 aliphatic heterocycles. The first-order valence-electron chi connectivity index (χ1n) is 7.56. The van der Waals surface area contributed by atoms with Crippen LogP contribution in [0.2, 0.25) is 0 Å². The van der Waals surface area contributed by atoms with Crippen LogP contribution < -0.4 is 5.32 Å². The maximum absolute atomic E-state index is 12.2. The minimum Gasteiger partial charge on any atom is -0.319 e. The molecular formula is C19H19N3O. The van der Waals surface area contributed by atoms with Gasteiger partial charge in [0, 0.05) is 11.8 Å². The third-order valence-corrected chi connectivity index (χ3v) is 3.63. The fourth-order valence-electron chi connectivity index (χ4n) is 2.42. The van der Waals surface area contributed by atoms with Gasteiger partial charge in [0.1, 0.15) is 0 Å². The SMILES string of the molecule is Cc1ccc(C(=O)Nc2cnn(Cc3cccc(C)c3)c2)cc1. The highest BCUT2D eigenvalue weighted by molar-refractivity contribution is 6.04. The van der Waals surface area contributed by atoms with Gasteiger partial charge in [0.05, 0.1) is 18.4 Å². The molecule has 0 saturated carbocycles. The Morgan fingerprint density at radius 3 is 2.61 bits per heavy atom. The maximum Gasteiger partial charge on any atom is 0.255 e. The Labute approximate surface area is 135 Å². The molecule has 4 nitrogen and oxygen atoms in total. The number of hydrogen-bond donors (Lipinski definition) is 1. The zero-order chi connectivity index (χ0) is 16.2. The first-order valence-corrected chi connectivity index (χ1v) is 7.56. The zero-order valence-corrected chi connectivity index (χ0v) is 13.3. The highest BCUT2D eigenvalue weighted by Crippen LogP contribution is 2.11. The average molecular weight is 305 g/mol. The van der Waals surface area contributed by atoms with Gasteiger partial charge in [0.25, 0.3) is 5.91 Å². The molecule has 116 valence electrons. The molecule has 23 heavy (non-hydrogen) atoms. The van der Waals surface area contributed by atoms with Crippen LogP contribution in [0.15, 0.2) is 60.9 Å². The van der Waals surface area contributed by atoms with E-state index in [0.717, 1.165) is 5.56 Å². The smallest absolute Gasteiger partial charge is 0.255 e. The van der Waals surface area contributed by atoms with Crippen molar-refractivity contribution in [2.45, 2.75) is 20.4 Å². The molecule has 0 unspecified atom stereocenters. The van der Waals surface area contributed by atoms with E-state index in [0.29, 0.717) is 17.8 Å². The number of aromatic nitrogens is 2. The second kappa shape index (κ2) is 6.48. The second-order valence-electron chi connectivity index (χ2n) is 5.74. The number of nitrogens with zero attached hydrogens (tertiary/aromatic N) is 2. The largest absolute Gasteiger partial charge is 0.319 e. The van der Waals surface area contributed by atoms with E-state index in [-0.39, 0.29) is 5.91 Å². The van der Waals surface area contributed by atoms with Gasteiger partial charge in [-0.2, -0.15) is 5.10 Å². The van der Waals surface area contributed by atoms with Crippen molar-refractivity contribution in [1.82, 2.24) is 9.78 Å². The summed E-state index contributed by atoms with van der Waals surface area (Å²) in [6.07, 6.45) is 3.51. The van der Waals surface area contributed by atoms with E-state index in [9.17, 15) is 4.79 Å². The van der Waals surface area contributed by atoms with Gasteiger partial charge in [-0.3, -0.25) is 9.48 Å². The second-order valence-corrected chi connectivity index (χ2v) is 5.74. The Hall–Kier alpha value is -2.88. The topological polar surface area (TPSA) is 46.9 Å². The Bertz CT molecular complexity index is 819. The molecule has 0 spiro atoms. The molecule has 1 heterocycles. The molecule has 1 amide bonds. The molecule has 3 rings (SSSR count). The number of hydrogen-bond acceptors (Lipinski definition) is 2. The summed E-state index contributed by atoms with van der Waals surface area (Å²) < 4.78 is 1.82. The number of carbonyl (C=O) groups excluding carboxylic acids is 1. The van der Waals surface area contributed by atoms with Gasteiger partial charge in [-0.1, -0.05) is 47.5 Å². The van der Waals surface area contributed by atoms with Crippen LogP contribution in [0.3, 0.4) is 0 Å². The predicted molar refractivity (Wildman–Crippen MR) is 91.6 cm³/mol. The van der Waals surface area contributed by atoms with E-state index in [1.54, 1.807) is 6.20 Å². The van der Waals surface area contributed by atoms with Crippen LogP contribution in [0.25, 0.3) is 0 Å². The summed E-state index contributed by atoms with van der Waals surface area (Å²) in [6, 6.07) is 15.8. The van der Waals surface area contributed by atoms with Crippen LogP contribution in [0.1, 0.15) is 27.0 Å². The maximum atomic E-state index is 12.2. The van der Waals surface area contributed by atoms with Crippen molar-refractivity contribution in [2.24, 2.45) is 0 Å². The van der Waals surface area contributed by atoms with Crippen molar-refractivity contribution in [3.63, 3.8) is 0 Å². The highest BCUT2D eigenvalue weighted by Gasteiger charge is 2.07. The molecule has 0 radical (unpaired) electrons. The molecule has 0 aliphatic carbocycles. The number of aryl methyl sites for hydroxylation is 2. The van der Waals surface area contributed by atoms with Gasteiger partial charge >= 0.3 is 0 Å². The number of anilines is 1. The first kappa shape index (κ1) is 15.0. The summed E-state index contributed by atoms with van der Waals surface area (Å²) >= 11 is 0. The van der Waals surface area contributed by atoms with Gasteiger partial charge < -0.3 is 5.32 Å². The molecule has 2 aromatic carbocycles. The van der Waals surface area contributed by atoms with Crippen molar-refractivity contribution in [3.8, 4) is 0 Å². The summed E-state index contributed by atoms with van der Waals surface area (Å²) in [5, 5.41) is 7.18. The Morgan fingerprint density at radius 1 is 1.09 bits per heavy atom. The molecule has 3 aromatic rings. The number of carbonyl (C=O) groups is 1. The van der Waals surface area contributed by atoms with Crippen LogP contribution in [0.4, 0.5) is 5.69 Å². The van der Waals surface area contributed by atoms with Crippen molar-refractivity contribution in [3.05, 3.63) is 83.2 Å². The molecule has 0 aliphatic rings. The van der Waals surface area contributed by atoms with Gasteiger partial charge in [0.15, 0.2) is 0 Å². The van der Waals surface area contributed by atoms with E-state index >= 15 is 0 Å². The first-order chi connectivity index (χ1) is 11.1. The van der Waals surface area contributed by atoms with E-state index in [1.807, 2.05) is 48.1 Å². The molecular weight excluding hydrogens is 286 g/mol. The summed E-state index contributed by atoms with van der Waals surface area (Å²) in [4.78, 5) is 12.2. The van der Waals surface area contributed by atoms with E-state index in [1.165, 1.54) is 11.1 Å². The van der Waals surface area contributed by atoms with Crippen molar-refractivity contribution in [1.29, 1.82) is 0 Å². The number of benzene rings is 2. The fraction of sp³-hybridized carbons (Fsp3) is 0.158. The van der Waals surface area contributed by atoms with E-state index < -0.39 is 0 Å². The van der Waals surface area contributed by atoms with Crippen molar-refractivity contribution in [2.75, 3.05) is 5.32 Å². The predicted octanol–water partition coefficient (Wildman–Crippen LogP) is 3.80. The molecule has 0 bridgehead atoms. The normalized spacial score (nSPS) is 10.5. The van der Waals surface area contributed by atoms with Gasteiger partial charge in [-0.05, 0) is 31.5 Å². The molecule has 0 fully saturated rings. The van der Waals surface area contributed by atoms with E-state index in [2.05, 4.69) is 35.5 Å². The summed E-state index contributed by atoms with van der Waals surface area (Å²) in [5.74, 6) is -0.125. The minimum atomic E-state index is -0.125. The van der Waals surface area contributed by atoms with Gasteiger partial charge in [-0.25, -0.2) is 0 Å². The minimum absolute atomic E-state index is 0.125. The number of rotatable bonds is 4. The lowest BCUT2D eigenvalue weighted by Gasteiger charge is -2.04. The molecule has 4 heteroatoms. The van der Waals surface area contributed by atoms with Gasteiger partial charge in [0.2, 0.25) is 0 Å². The van der Waals surface area contributed by atoms with Crippen LogP contribution in [-0.2, 0) is 6.54 Å². The van der Waals surface area contributed by atoms with Crippen LogP contribution in [0, 0.1) is 13.8 Å². The Kier molecular flexibility index (Phi) is 4.24. The third kappa shape index (κ3) is 3.86. The van der Waals surface area contributed by atoms with E-state index in [4.69, 9.17) is 0 Å². The van der Waals surface area contributed by atoms with Crippen LogP contribution in [-0.4, -0.2) is 15.7 Å². The quantitative estimate of drug-likeness (QED) is 0.797. The third-order valence-electron chi connectivity index (χ3n) is 3.63. The lowest BCUT2D eigenvalue weighted by atomic mass is 10.1. The van der Waals surface area contributed by atoms with Gasteiger partial charge in [-0.15, -0.1) is 0 Å². The average Bonchev–Trinajstić information content (AvgIpc) is 2.95. The molecule has 0 saturated heterocycles. The van der Waals surface area contributed by atoms with Crippen molar-refractivity contribution < 1.29 is 4.79 Å². The molecule has 1 N–H and O–H groups in total. The lowest BCUT2D eigenvalue weighted by molar-refractivity contribution is 0.102. The van der Waals surface area contributed by atoms with Crippen LogP contribution in [0.5, 0.6) is 0 Å². The summed E-state index contributed by atoms with van der Waals surface area (Å²) in [7, 11) is 0. The molecule has 0 atom stereocenters. The lowest BCUT2D eigenvalue weighted by Crippen LogP contribution is -2.11. The number of nitrogens with one attached hydrogen (secondary N) is 1. The Morgan fingerprint density at radius 2 is 1.87 bits per heavy atom. The monoisotopic (exact) mass is 305 g/mol. The molecule has 1 aromatic heterocycles. The Balaban J connectivity index is 1.67. The standard InChI is InChI=1S/C19H19N3O/c1-14-6-8-17(9-7-14)19(23)21-18-11-20-22(13-18)12-16-5-3-4-15(2)10-16/h3-11,13H,12H2,1-2H3,(H,21,23). The van der Waals surface area contributed by atoms with Crippen molar-refractivity contribution >= 4 is 11.6 Å². The van der Waals surface area contributed by atoms with Crippen LogP contribution >= 0.6 is 0 Å². The summed E-state index contributed by atoms with van der Waals surface area (Å²) in [6.45, 7) is 4.75. The number of amides is 1. The zero-order valence-electron chi connectivity index (χ0n) is 13.3.